The van der Waals surface area contributed by atoms with Crippen molar-refractivity contribution in [3.8, 4) is 0 Å². The molecule has 2 rings (SSSR count). The van der Waals surface area contributed by atoms with Gasteiger partial charge in [0.25, 0.3) is 0 Å². The van der Waals surface area contributed by atoms with Crippen LogP contribution in [0.25, 0.3) is 11.0 Å². The van der Waals surface area contributed by atoms with Crippen LogP contribution in [-0.2, 0) is 4.79 Å². The van der Waals surface area contributed by atoms with Crippen LogP contribution in [0.3, 0.4) is 0 Å². The number of rotatable bonds is 2. The SMILES string of the molecule is CC=CC(=O)Nc1cc2[nH]c(=O)[nH]c2cc1Br. The van der Waals surface area contributed by atoms with E-state index >= 15 is 0 Å². The van der Waals surface area contributed by atoms with E-state index < -0.39 is 0 Å². The van der Waals surface area contributed by atoms with E-state index in [0.717, 1.165) is 0 Å². The molecule has 0 saturated carbocycles. The predicted octanol–water partition coefficient (Wildman–Crippen LogP) is 2.13. The number of halogens is 1. The number of imidazole rings is 1. The topological polar surface area (TPSA) is 77.8 Å². The van der Waals surface area contributed by atoms with Gasteiger partial charge in [-0.2, -0.15) is 0 Å². The highest BCUT2D eigenvalue weighted by atomic mass is 79.9. The molecule has 1 aromatic carbocycles. The average molecular weight is 296 g/mol. The quantitative estimate of drug-likeness (QED) is 0.742. The molecule has 0 bridgehead atoms. The van der Waals surface area contributed by atoms with Crippen LogP contribution in [0.1, 0.15) is 6.92 Å². The molecule has 0 radical (unpaired) electrons. The minimum atomic E-state index is -0.274. The highest BCUT2D eigenvalue weighted by Crippen LogP contribution is 2.26. The van der Waals surface area contributed by atoms with E-state index in [0.29, 0.717) is 21.2 Å². The molecular weight excluding hydrogens is 286 g/mol. The van der Waals surface area contributed by atoms with Crippen molar-refractivity contribution in [3.05, 3.63) is 39.2 Å². The maximum Gasteiger partial charge on any atom is 0.323 e. The second kappa shape index (κ2) is 4.58. The first-order chi connectivity index (χ1) is 8.10. The lowest BCUT2D eigenvalue weighted by atomic mass is 10.2. The average Bonchev–Trinajstić information content (AvgIpc) is 2.58. The second-order valence-electron chi connectivity index (χ2n) is 3.45. The van der Waals surface area contributed by atoms with E-state index in [1.54, 1.807) is 25.1 Å². The van der Waals surface area contributed by atoms with Gasteiger partial charge in [0.15, 0.2) is 0 Å². The smallest absolute Gasteiger partial charge is 0.321 e. The van der Waals surface area contributed by atoms with Crippen molar-refractivity contribution in [2.75, 3.05) is 5.32 Å². The van der Waals surface area contributed by atoms with Crippen LogP contribution in [-0.4, -0.2) is 15.9 Å². The van der Waals surface area contributed by atoms with Crippen molar-refractivity contribution in [3.63, 3.8) is 0 Å². The summed E-state index contributed by atoms with van der Waals surface area (Å²) >= 11 is 3.33. The molecule has 17 heavy (non-hydrogen) atoms. The number of H-pyrrole nitrogens is 2. The number of carbonyl (C=O) groups excluding carboxylic acids is 1. The van der Waals surface area contributed by atoms with Gasteiger partial charge in [-0.3, -0.25) is 4.79 Å². The van der Waals surface area contributed by atoms with Gasteiger partial charge < -0.3 is 15.3 Å². The molecule has 0 saturated heterocycles. The van der Waals surface area contributed by atoms with Gasteiger partial charge in [-0.1, -0.05) is 6.08 Å². The van der Waals surface area contributed by atoms with E-state index in [-0.39, 0.29) is 11.6 Å². The number of aromatic amines is 2. The number of carbonyl (C=O) groups is 1. The summed E-state index contributed by atoms with van der Waals surface area (Å²) in [5.74, 6) is -0.217. The monoisotopic (exact) mass is 295 g/mol. The fourth-order valence-electron chi connectivity index (χ4n) is 1.48. The Morgan fingerprint density at radius 2 is 2.00 bits per heavy atom. The van der Waals surface area contributed by atoms with Gasteiger partial charge in [0.05, 0.1) is 16.7 Å². The molecule has 5 nitrogen and oxygen atoms in total. The van der Waals surface area contributed by atoms with Crippen LogP contribution in [0, 0.1) is 0 Å². The third kappa shape index (κ3) is 2.47. The van der Waals surface area contributed by atoms with E-state index in [4.69, 9.17) is 0 Å². The van der Waals surface area contributed by atoms with E-state index in [9.17, 15) is 9.59 Å². The molecule has 3 N–H and O–H groups in total. The fourth-order valence-corrected chi connectivity index (χ4v) is 1.92. The molecule has 2 aromatic rings. The zero-order valence-corrected chi connectivity index (χ0v) is 10.6. The number of fused-ring (bicyclic) bond motifs is 1. The van der Waals surface area contributed by atoms with Gasteiger partial charge in [-0.25, -0.2) is 4.79 Å². The number of aromatic nitrogens is 2. The Labute approximate surface area is 105 Å². The third-order valence-corrected chi connectivity index (χ3v) is 2.84. The molecule has 1 amide bonds. The molecule has 0 aliphatic carbocycles. The number of amides is 1. The number of hydrogen-bond donors (Lipinski definition) is 3. The van der Waals surface area contributed by atoms with Crippen molar-refractivity contribution in [2.24, 2.45) is 0 Å². The van der Waals surface area contributed by atoms with Gasteiger partial charge in [0.1, 0.15) is 0 Å². The Morgan fingerprint density at radius 3 is 2.65 bits per heavy atom. The van der Waals surface area contributed by atoms with Crippen molar-refractivity contribution >= 4 is 38.6 Å². The first-order valence-corrected chi connectivity index (χ1v) is 5.74. The molecule has 0 fully saturated rings. The van der Waals surface area contributed by atoms with Crippen LogP contribution in [0.4, 0.5) is 5.69 Å². The zero-order valence-electron chi connectivity index (χ0n) is 9.00. The molecule has 1 aromatic heterocycles. The normalized spacial score (nSPS) is 11.2. The lowest BCUT2D eigenvalue weighted by molar-refractivity contribution is -0.111. The standard InChI is InChI=1S/C11H10BrN3O2/c1-2-3-10(16)13-7-5-9-8(4-6(7)12)14-11(17)15-9/h2-5H,1H3,(H,13,16)(H2,14,15,17). The Morgan fingerprint density at radius 1 is 1.35 bits per heavy atom. The molecule has 0 atom stereocenters. The number of nitrogens with one attached hydrogen (secondary N) is 3. The number of hydrogen-bond acceptors (Lipinski definition) is 2. The zero-order chi connectivity index (χ0) is 12.4. The van der Waals surface area contributed by atoms with E-state index in [1.165, 1.54) is 6.08 Å². The number of benzene rings is 1. The molecule has 88 valence electrons. The van der Waals surface area contributed by atoms with Crippen LogP contribution < -0.4 is 11.0 Å². The molecule has 0 aliphatic rings. The van der Waals surface area contributed by atoms with E-state index in [1.807, 2.05) is 0 Å². The Kier molecular flexibility index (Phi) is 3.14. The minimum Gasteiger partial charge on any atom is -0.321 e. The summed E-state index contributed by atoms with van der Waals surface area (Å²) < 4.78 is 0.707. The lowest BCUT2D eigenvalue weighted by Gasteiger charge is -2.05. The van der Waals surface area contributed by atoms with Gasteiger partial charge >= 0.3 is 5.69 Å². The maximum absolute atomic E-state index is 11.4. The molecule has 0 unspecified atom stereocenters. The summed E-state index contributed by atoms with van der Waals surface area (Å²) in [5.41, 5.74) is 1.67. The predicted molar refractivity (Wildman–Crippen MR) is 70.1 cm³/mol. The Bertz CT molecular complexity index is 654. The first-order valence-electron chi connectivity index (χ1n) is 4.95. The highest BCUT2D eigenvalue weighted by Gasteiger charge is 2.06. The molecule has 0 aliphatic heterocycles. The largest absolute Gasteiger partial charge is 0.323 e. The number of anilines is 1. The minimum absolute atomic E-state index is 0.217. The molecule has 6 heteroatoms. The molecular formula is C11H10BrN3O2. The molecule has 1 heterocycles. The summed E-state index contributed by atoms with van der Waals surface area (Å²) in [6, 6.07) is 3.43. The Balaban J connectivity index is 2.43. The Hall–Kier alpha value is -1.82. The summed E-state index contributed by atoms with van der Waals surface area (Å²) in [6.07, 6.45) is 3.08. The van der Waals surface area contributed by atoms with Gasteiger partial charge in [-0.15, -0.1) is 0 Å². The summed E-state index contributed by atoms with van der Waals surface area (Å²) in [5, 5.41) is 2.70. The van der Waals surface area contributed by atoms with Crippen LogP contribution >= 0.6 is 15.9 Å². The van der Waals surface area contributed by atoms with Gasteiger partial charge in [0, 0.05) is 4.47 Å². The van der Waals surface area contributed by atoms with Crippen molar-refractivity contribution in [2.45, 2.75) is 6.92 Å². The summed E-state index contributed by atoms with van der Waals surface area (Å²) in [4.78, 5) is 27.8. The van der Waals surface area contributed by atoms with Crippen LogP contribution in [0.2, 0.25) is 0 Å². The fraction of sp³-hybridized carbons (Fsp3) is 0.0909. The van der Waals surface area contributed by atoms with Crippen molar-refractivity contribution in [1.82, 2.24) is 9.97 Å². The van der Waals surface area contributed by atoms with Crippen LogP contribution in [0.5, 0.6) is 0 Å². The first kappa shape index (κ1) is 11.7. The van der Waals surface area contributed by atoms with Crippen molar-refractivity contribution in [1.29, 1.82) is 0 Å². The maximum atomic E-state index is 11.4. The second-order valence-corrected chi connectivity index (χ2v) is 4.30. The van der Waals surface area contributed by atoms with Gasteiger partial charge in [-0.05, 0) is 41.1 Å². The van der Waals surface area contributed by atoms with Crippen LogP contribution in [0.15, 0.2) is 33.6 Å². The summed E-state index contributed by atoms with van der Waals surface area (Å²) in [6.45, 7) is 1.77. The van der Waals surface area contributed by atoms with E-state index in [2.05, 4.69) is 31.2 Å². The number of allylic oxidation sites excluding steroid dienone is 1. The van der Waals surface area contributed by atoms with Crippen molar-refractivity contribution < 1.29 is 4.79 Å². The summed E-state index contributed by atoms with van der Waals surface area (Å²) in [7, 11) is 0. The lowest BCUT2D eigenvalue weighted by Crippen LogP contribution is -2.08. The molecule has 0 spiro atoms. The van der Waals surface area contributed by atoms with Gasteiger partial charge in [0.2, 0.25) is 5.91 Å². The third-order valence-electron chi connectivity index (χ3n) is 2.18. The highest BCUT2D eigenvalue weighted by molar-refractivity contribution is 9.10.